The van der Waals surface area contributed by atoms with Gasteiger partial charge in [0, 0.05) is 26.7 Å². The second kappa shape index (κ2) is 7.25. The summed E-state index contributed by atoms with van der Waals surface area (Å²) in [6.45, 7) is 2.20. The number of thiophene rings is 1. The predicted molar refractivity (Wildman–Crippen MR) is 89.9 cm³/mol. The first-order valence-corrected chi connectivity index (χ1v) is 8.37. The van der Waals surface area contributed by atoms with Crippen molar-refractivity contribution in [2.24, 2.45) is 0 Å². The SMILES string of the molecule is CCc1ccc(CC(NC)c2cc(OC)ccc2Br)s1. The summed E-state index contributed by atoms with van der Waals surface area (Å²) in [6, 6.07) is 10.9. The first-order chi connectivity index (χ1) is 9.67. The molecule has 2 rings (SSSR count). The fourth-order valence-electron chi connectivity index (χ4n) is 2.21. The van der Waals surface area contributed by atoms with Crippen LogP contribution in [0, 0.1) is 0 Å². The molecule has 0 saturated heterocycles. The largest absolute Gasteiger partial charge is 0.497 e. The van der Waals surface area contributed by atoms with Gasteiger partial charge < -0.3 is 10.1 Å². The van der Waals surface area contributed by atoms with Crippen molar-refractivity contribution in [2.75, 3.05) is 14.2 Å². The fraction of sp³-hybridized carbons (Fsp3) is 0.375. The van der Waals surface area contributed by atoms with Crippen LogP contribution in [0.3, 0.4) is 0 Å². The lowest BCUT2D eigenvalue weighted by molar-refractivity contribution is 0.413. The number of benzene rings is 1. The van der Waals surface area contributed by atoms with E-state index in [0.717, 1.165) is 23.1 Å². The Hall–Kier alpha value is -0.840. The smallest absolute Gasteiger partial charge is 0.119 e. The van der Waals surface area contributed by atoms with Gasteiger partial charge in [-0.2, -0.15) is 0 Å². The Kier molecular flexibility index (Phi) is 5.64. The van der Waals surface area contributed by atoms with Crippen LogP contribution in [0.25, 0.3) is 0 Å². The molecule has 108 valence electrons. The van der Waals surface area contributed by atoms with Crippen LogP contribution in [0.5, 0.6) is 5.75 Å². The van der Waals surface area contributed by atoms with Crippen molar-refractivity contribution < 1.29 is 4.74 Å². The van der Waals surface area contributed by atoms with Crippen molar-refractivity contribution in [3.8, 4) is 5.75 Å². The van der Waals surface area contributed by atoms with Gasteiger partial charge in [-0.25, -0.2) is 0 Å². The second-order valence-electron chi connectivity index (χ2n) is 4.65. The molecule has 1 N–H and O–H groups in total. The van der Waals surface area contributed by atoms with Crippen LogP contribution in [0.1, 0.15) is 28.3 Å². The summed E-state index contributed by atoms with van der Waals surface area (Å²) in [7, 11) is 3.71. The van der Waals surface area contributed by atoms with E-state index in [1.807, 2.05) is 30.5 Å². The Bertz CT molecular complexity index is 567. The van der Waals surface area contributed by atoms with Crippen LogP contribution in [0.4, 0.5) is 0 Å². The first-order valence-electron chi connectivity index (χ1n) is 6.76. The molecule has 1 heterocycles. The lowest BCUT2D eigenvalue weighted by Crippen LogP contribution is -2.19. The molecule has 1 aromatic heterocycles. The van der Waals surface area contributed by atoms with E-state index < -0.39 is 0 Å². The number of ether oxygens (including phenoxy) is 1. The number of halogens is 1. The molecule has 20 heavy (non-hydrogen) atoms. The molecule has 0 fully saturated rings. The maximum absolute atomic E-state index is 5.33. The summed E-state index contributed by atoms with van der Waals surface area (Å²) in [5.41, 5.74) is 1.23. The van der Waals surface area contributed by atoms with Gasteiger partial charge in [0.1, 0.15) is 5.75 Å². The fourth-order valence-corrected chi connectivity index (χ4v) is 3.73. The van der Waals surface area contributed by atoms with E-state index in [4.69, 9.17) is 4.74 Å². The highest BCUT2D eigenvalue weighted by Gasteiger charge is 2.15. The van der Waals surface area contributed by atoms with Crippen LogP contribution < -0.4 is 10.1 Å². The summed E-state index contributed by atoms with van der Waals surface area (Å²) in [5, 5.41) is 3.41. The van der Waals surface area contributed by atoms with Crippen molar-refractivity contribution in [1.82, 2.24) is 5.32 Å². The van der Waals surface area contributed by atoms with E-state index in [1.54, 1.807) is 7.11 Å². The van der Waals surface area contributed by atoms with Gasteiger partial charge >= 0.3 is 0 Å². The molecule has 2 aromatic rings. The summed E-state index contributed by atoms with van der Waals surface area (Å²) >= 11 is 5.54. The van der Waals surface area contributed by atoms with Gasteiger partial charge in [0.25, 0.3) is 0 Å². The molecule has 0 amide bonds. The number of nitrogens with one attached hydrogen (secondary N) is 1. The third-order valence-electron chi connectivity index (χ3n) is 3.40. The molecular weight excluding hydrogens is 334 g/mol. The Morgan fingerprint density at radius 3 is 2.60 bits per heavy atom. The van der Waals surface area contributed by atoms with E-state index in [-0.39, 0.29) is 6.04 Å². The van der Waals surface area contributed by atoms with Crippen molar-refractivity contribution in [2.45, 2.75) is 25.8 Å². The molecule has 0 bridgehead atoms. The van der Waals surface area contributed by atoms with Gasteiger partial charge in [-0.3, -0.25) is 0 Å². The average Bonchev–Trinajstić information content (AvgIpc) is 2.93. The minimum atomic E-state index is 0.280. The molecule has 0 spiro atoms. The first kappa shape index (κ1) is 15.5. The number of rotatable bonds is 6. The topological polar surface area (TPSA) is 21.3 Å². The number of hydrogen-bond acceptors (Lipinski definition) is 3. The van der Waals surface area contributed by atoms with Crippen LogP contribution in [-0.4, -0.2) is 14.2 Å². The normalized spacial score (nSPS) is 12.4. The van der Waals surface area contributed by atoms with Crippen molar-refractivity contribution in [3.63, 3.8) is 0 Å². The molecule has 0 aliphatic carbocycles. The summed E-state index contributed by atoms with van der Waals surface area (Å²) in [4.78, 5) is 2.86. The molecular formula is C16H20BrNOS. The Morgan fingerprint density at radius 2 is 2.00 bits per heavy atom. The zero-order valence-electron chi connectivity index (χ0n) is 12.1. The number of methoxy groups -OCH3 is 1. The maximum Gasteiger partial charge on any atom is 0.119 e. The number of likely N-dealkylation sites (N-methyl/N-ethyl adjacent to an activating group) is 1. The Balaban J connectivity index is 2.23. The minimum absolute atomic E-state index is 0.280. The van der Waals surface area contributed by atoms with Gasteiger partial charge in [0.2, 0.25) is 0 Å². The van der Waals surface area contributed by atoms with E-state index in [0.29, 0.717) is 0 Å². The number of aryl methyl sites for hydroxylation is 1. The van der Waals surface area contributed by atoms with E-state index in [1.165, 1.54) is 15.3 Å². The van der Waals surface area contributed by atoms with E-state index in [2.05, 4.69) is 46.4 Å². The van der Waals surface area contributed by atoms with Crippen molar-refractivity contribution >= 4 is 27.3 Å². The van der Waals surface area contributed by atoms with Gasteiger partial charge in [-0.05, 0) is 49.4 Å². The standard InChI is InChI=1S/C16H20BrNOS/c1-4-12-6-7-13(20-12)10-16(18-2)14-9-11(19-3)5-8-15(14)17/h5-9,16,18H,4,10H2,1-3H3. The number of hydrogen-bond donors (Lipinski definition) is 1. The lowest BCUT2D eigenvalue weighted by atomic mass is 10.0. The highest BCUT2D eigenvalue weighted by Crippen LogP contribution is 2.31. The third-order valence-corrected chi connectivity index (χ3v) is 5.37. The minimum Gasteiger partial charge on any atom is -0.497 e. The van der Waals surface area contributed by atoms with Crippen molar-refractivity contribution in [3.05, 3.63) is 50.1 Å². The van der Waals surface area contributed by atoms with Crippen molar-refractivity contribution in [1.29, 1.82) is 0 Å². The maximum atomic E-state index is 5.33. The molecule has 1 aromatic carbocycles. The molecule has 0 aliphatic rings. The molecule has 4 heteroatoms. The Morgan fingerprint density at radius 1 is 1.25 bits per heavy atom. The van der Waals surface area contributed by atoms with Crippen LogP contribution >= 0.6 is 27.3 Å². The zero-order chi connectivity index (χ0) is 14.5. The van der Waals surface area contributed by atoms with Gasteiger partial charge in [0.05, 0.1) is 7.11 Å². The Labute approximate surface area is 133 Å². The van der Waals surface area contributed by atoms with Crippen LogP contribution in [0.2, 0.25) is 0 Å². The highest BCUT2D eigenvalue weighted by atomic mass is 79.9. The highest BCUT2D eigenvalue weighted by molar-refractivity contribution is 9.10. The summed E-state index contributed by atoms with van der Waals surface area (Å²) in [5.74, 6) is 0.892. The van der Waals surface area contributed by atoms with Gasteiger partial charge in [-0.15, -0.1) is 11.3 Å². The molecule has 2 nitrogen and oxygen atoms in total. The quantitative estimate of drug-likeness (QED) is 0.820. The van der Waals surface area contributed by atoms with Gasteiger partial charge in [-0.1, -0.05) is 22.9 Å². The predicted octanol–water partition coefficient (Wildman–Crippen LogP) is 4.58. The van der Waals surface area contributed by atoms with Crippen LogP contribution in [0.15, 0.2) is 34.8 Å². The van der Waals surface area contributed by atoms with E-state index in [9.17, 15) is 0 Å². The molecule has 1 unspecified atom stereocenters. The monoisotopic (exact) mass is 353 g/mol. The molecule has 0 saturated carbocycles. The molecule has 0 aliphatic heterocycles. The van der Waals surface area contributed by atoms with Crippen LogP contribution in [-0.2, 0) is 12.8 Å². The average molecular weight is 354 g/mol. The zero-order valence-corrected chi connectivity index (χ0v) is 14.5. The lowest BCUT2D eigenvalue weighted by Gasteiger charge is -2.18. The second-order valence-corrected chi connectivity index (χ2v) is 6.76. The summed E-state index contributed by atoms with van der Waals surface area (Å²) < 4.78 is 6.45. The summed E-state index contributed by atoms with van der Waals surface area (Å²) in [6.07, 6.45) is 2.10. The third kappa shape index (κ3) is 3.62. The molecule has 0 radical (unpaired) electrons. The van der Waals surface area contributed by atoms with E-state index >= 15 is 0 Å². The van der Waals surface area contributed by atoms with Gasteiger partial charge in [0.15, 0.2) is 0 Å². The molecule has 1 atom stereocenters.